The van der Waals surface area contributed by atoms with Crippen LogP contribution in [-0.4, -0.2) is 93.6 Å². The normalized spacial score (nSPS) is 13.6. The van der Waals surface area contributed by atoms with Gasteiger partial charge in [0.25, 0.3) is 15.6 Å². The summed E-state index contributed by atoms with van der Waals surface area (Å²) in [5.74, 6) is -1.32. The number of ether oxygens (including phenoxy) is 2. The summed E-state index contributed by atoms with van der Waals surface area (Å²) in [7, 11) is -10.1. The van der Waals surface area contributed by atoms with E-state index in [1.54, 1.807) is 0 Å². The summed E-state index contributed by atoms with van der Waals surface area (Å²) in [6, 6.07) is -2.71. The molecular weight excluding hydrogens is 1420 g/mol. The van der Waals surface area contributed by atoms with Crippen LogP contribution in [0.5, 0.6) is 0 Å². The van der Waals surface area contributed by atoms with E-state index in [4.69, 9.17) is 27.6 Å². The number of esters is 2. The van der Waals surface area contributed by atoms with E-state index in [0.717, 1.165) is 128 Å². The molecule has 628 valence electrons. The molecule has 0 aliphatic heterocycles. The third-order valence-electron chi connectivity index (χ3n) is 20.4. The number of carbonyl (C=O) groups is 5. The fourth-order valence-electron chi connectivity index (χ4n) is 13.7. The van der Waals surface area contributed by atoms with Gasteiger partial charge in [-0.05, 0) is 51.4 Å². The van der Waals surface area contributed by atoms with E-state index in [-0.39, 0.29) is 122 Å². The van der Waals surface area contributed by atoms with Gasteiger partial charge >= 0.3 is 77.1 Å². The Balaban J connectivity index is -0.0000551. The second-order valence-electron chi connectivity index (χ2n) is 30.7. The van der Waals surface area contributed by atoms with Crippen LogP contribution in [0.2, 0.25) is 0 Å². The monoisotopic (exact) mass is 1590 g/mol. The van der Waals surface area contributed by atoms with Gasteiger partial charge in [-0.1, -0.05) is 375 Å². The van der Waals surface area contributed by atoms with Crippen LogP contribution >= 0.6 is 15.6 Å². The van der Waals surface area contributed by atoms with Gasteiger partial charge in [0.05, 0.1) is 38.5 Å². The van der Waals surface area contributed by atoms with Gasteiger partial charge in [-0.15, -0.1) is 0 Å². The maximum absolute atomic E-state index is 13.7. The third kappa shape index (κ3) is 77.9. The van der Waals surface area contributed by atoms with Crippen molar-refractivity contribution in [3.05, 3.63) is 0 Å². The van der Waals surface area contributed by atoms with E-state index in [1.807, 2.05) is 0 Å². The zero-order chi connectivity index (χ0) is 77.8. The first-order valence-corrected chi connectivity index (χ1v) is 47.7. The first-order chi connectivity index (χ1) is 51.6. The van der Waals surface area contributed by atoms with Crippen LogP contribution in [0.15, 0.2) is 0 Å². The van der Waals surface area contributed by atoms with Crippen LogP contribution in [0.3, 0.4) is 0 Å². The van der Waals surface area contributed by atoms with Gasteiger partial charge in [-0.3, -0.25) is 28.3 Å². The van der Waals surface area contributed by atoms with Crippen LogP contribution in [0.1, 0.15) is 452 Å². The summed E-state index contributed by atoms with van der Waals surface area (Å²) in [5.41, 5.74) is 0. The minimum absolute atomic E-state index is 0. The Bertz CT molecular complexity index is 1970. The summed E-state index contributed by atoms with van der Waals surface area (Å²) >= 11 is 0. The van der Waals surface area contributed by atoms with Crippen molar-refractivity contribution in [1.82, 2.24) is 21.3 Å². The number of phosphoric ester groups is 2. The number of urea groups is 1. The Hall–Kier alpha value is -0.630. The van der Waals surface area contributed by atoms with Crippen molar-refractivity contribution in [3.8, 4) is 0 Å². The van der Waals surface area contributed by atoms with Crippen molar-refractivity contribution in [2.24, 2.45) is 0 Å². The number of nitrogens with one attached hydrogen (secondary N) is 4. The average Bonchev–Trinajstić information content (AvgIpc) is 0.880. The van der Waals surface area contributed by atoms with E-state index in [2.05, 4.69) is 62.8 Å². The number of rotatable bonds is 84. The molecule has 0 aromatic rings. The molecule has 0 aliphatic carbocycles. The van der Waals surface area contributed by atoms with E-state index >= 15 is 0 Å². The Labute approximate surface area is 707 Å². The topological polar surface area (TPSA) is 269 Å². The molecule has 0 aromatic carbocycles. The van der Waals surface area contributed by atoms with Crippen LogP contribution in [0.4, 0.5) is 4.79 Å². The van der Waals surface area contributed by atoms with Gasteiger partial charge in [-0.2, -0.15) is 0 Å². The maximum atomic E-state index is 13.7. The minimum atomic E-state index is -5.05. The van der Waals surface area contributed by atoms with Gasteiger partial charge in [0.15, 0.2) is 0 Å². The fourth-order valence-corrected chi connectivity index (χ4v) is 15.1. The van der Waals surface area contributed by atoms with Crippen molar-refractivity contribution >= 4 is 45.4 Å². The minimum Gasteiger partial charge on any atom is -0.756 e. The molecule has 4 amide bonds. The molecule has 2 unspecified atom stereocenters. The zero-order valence-corrected chi connectivity index (χ0v) is 77.1. The first kappa shape index (κ1) is 112. The van der Waals surface area contributed by atoms with E-state index < -0.39 is 72.4 Å². The van der Waals surface area contributed by atoms with Crippen LogP contribution in [0.25, 0.3) is 0 Å². The molecule has 108 heavy (non-hydrogen) atoms. The Morgan fingerprint density at radius 1 is 0.287 bits per heavy atom. The molecule has 0 aromatic heterocycles. The predicted molar refractivity (Wildman–Crippen MR) is 434 cm³/mol. The van der Waals surface area contributed by atoms with Crippen molar-refractivity contribution in [2.75, 3.05) is 39.5 Å². The van der Waals surface area contributed by atoms with Crippen LogP contribution < -0.4 is 90.2 Å². The second kappa shape index (κ2) is 84.3. The number of carbonyl (C=O) groups excluding carboxylic acids is 5. The zero-order valence-electron chi connectivity index (χ0n) is 71.3. The Morgan fingerprint density at radius 3 is 0.722 bits per heavy atom. The molecular formula is C85H166N4Na2O15P2. The van der Waals surface area contributed by atoms with Gasteiger partial charge in [0, 0.05) is 38.8 Å². The maximum Gasteiger partial charge on any atom is 1.00 e. The molecule has 0 rings (SSSR count). The Morgan fingerprint density at radius 2 is 0.491 bits per heavy atom. The van der Waals surface area contributed by atoms with Crippen molar-refractivity contribution in [1.29, 1.82) is 0 Å². The second-order valence-corrected chi connectivity index (χ2v) is 33.5. The van der Waals surface area contributed by atoms with Crippen molar-refractivity contribution in [2.45, 2.75) is 477 Å². The molecule has 0 heterocycles. The van der Waals surface area contributed by atoms with Gasteiger partial charge < -0.3 is 58.6 Å². The van der Waals surface area contributed by atoms with Crippen molar-refractivity contribution < 1.29 is 130 Å². The fraction of sp³-hybridized carbons (Fsp3) is 0.941. The first-order valence-electron chi connectivity index (χ1n) is 44.8. The number of unbranched alkanes of at least 4 members (excludes halogenated alkanes) is 52. The van der Waals surface area contributed by atoms with E-state index in [1.165, 1.54) is 205 Å². The summed E-state index contributed by atoms with van der Waals surface area (Å²) in [6.45, 7) is 10.7. The summed E-state index contributed by atoms with van der Waals surface area (Å²) < 4.78 is 60.4. The molecule has 0 aliphatic rings. The van der Waals surface area contributed by atoms with Gasteiger partial charge in [0.2, 0.25) is 11.8 Å². The molecule has 6 atom stereocenters. The smallest absolute Gasteiger partial charge is 0.756 e. The van der Waals surface area contributed by atoms with Gasteiger partial charge in [0.1, 0.15) is 12.2 Å². The largest absolute Gasteiger partial charge is 1.00 e. The summed E-state index contributed by atoms with van der Waals surface area (Å²) in [6.07, 6.45) is 64.2. The predicted octanol–water partition coefficient (Wildman–Crippen LogP) is 17.2. The average molecular weight is 1590 g/mol. The summed E-state index contributed by atoms with van der Waals surface area (Å²) in [4.78, 5) is 94.2. The van der Waals surface area contributed by atoms with Gasteiger partial charge in [-0.25, -0.2) is 4.79 Å². The van der Waals surface area contributed by atoms with Crippen molar-refractivity contribution in [3.63, 3.8) is 0 Å². The molecule has 0 fully saturated rings. The molecule has 0 saturated heterocycles. The molecule has 0 radical (unpaired) electrons. The number of phosphoric acid groups is 2. The molecule has 0 saturated carbocycles. The quantitative estimate of drug-likeness (QED) is 0.0191. The van der Waals surface area contributed by atoms with E-state index in [0.29, 0.717) is 51.4 Å². The Kier molecular flexibility index (Phi) is 87.0. The number of hydrogen-bond donors (Lipinski definition) is 4. The number of amides is 4. The molecule has 0 bridgehead atoms. The van der Waals surface area contributed by atoms with Crippen LogP contribution in [0, 0.1) is 0 Å². The summed E-state index contributed by atoms with van der Waals surface area (Å²) in [5, 5.41) is 11.0. The SMILES string of the molecule is CCCCCCCCCCCCCC(=O)N[C@@H](COP(=O)([O-])OCCNC(=O)NCCOP(=O)([O-])OC[C@H](NC(=O)CCCCCCCCCCCCC)[C@H](CCCCCCCCCCC)OC(=O)CCCCCCCCCCC)[C@H](CCCCCCCCCCC)OC(=O)CCCCCCCCCCC.[Na+].[Na+]. The molecule has 0 spiro atoms. The molecule has 4 N–H and O–H groups in total. The van der Waals surface area contributed by atoms with E-state index in [9.17, 15) is 42.9 Å². The molecule has 23 heteroatoms. The standard InChI is InChI=1S/C85H168N4O15P2.2Na/c1-7-13-19-25-31-37-39-45-49-55-61-67-81(90)88-77(79(65-59-53-47-41-33-27-21-15-9-3)103-83(92)69-63-57-51-43-35-29-23-17-11-5)75-101-105(95,96)99-73-71-86-85(94)87-72-74-100-106(97,98)102-76-78(89-82(91)68-62-56-50-46-40-38-32-26-20-14-8-2)80(66-60-54-48-42-34-28-22-16-10-4)104-84(93)70-64-58-52-44-36-30-24-18-12-6;;/h77-80H,7-76H2,1-6H3,(H,88,90)(H,89,91)(H,95,96)(H,97,98)(H2,86,87,94);;/q;2*+1/p-2/t77-,78-,79-,80-;;/m0../s1. The number of hydrogen-bond acceptors (Lipinski definition) is 15. The molecule has 19 nitrogen and oxygen atoms in total. The third-order valence-corrected chi connectivity index (χ3v) is 22.4. The van der Waals surface area contributed by atoms with Crippen LogP contribution in [-0.2, 0) is 55.9 Å².